The SMILES string of the molecule is CC(C)(C)OC(=O)N1CC(F)(F)C[C@H]1C(=O)NN. The number of hydrogen-bond acceptors (Lipinski definition) is 4. The number of amides is 2. The van der Waals surface area contributed by atoms with Crippen LogP contribution >= 0.6 is 0 Å². The maximum Gasteiger partial charge on any atom is 0.411 e. The molecule has 0 aromatic heterocycles. The summed E-state index contributed by atoms with van der Waals surface area (Å²) >= 11 is 0. The second-order valence-corrected chi connectivity index (χ2v) is 5.19. The van der Waals surface area contributed by atoms with Gasteiger partial charge in [-0.25, -0.2) is 19.4 Å². The van der Waals surface area contributed by atoms with Crippen molar-refractivity contribution in [1.82, 2.24) is 10.3 Å². The molecule has 8 heteroatoms. The van der Waals surface area contributed by atoms with Gasteiger partial charge in [-0.1, -0.05) is 0 Å². The maximum atomic E-state index is 13.3. The zero-order valence-corrected chi connectivity index (χ0v) is 10.5. The minimum atomic E-state index is -3.12. The van der Waals surface area contributed by atoms with Crippen LogP contribution in [0.4, 0.5) is 13.6 Å². The molecule has 0 bridgehead atoms. The van der Waals surface area contributed by atoms with Crippen molar-refractivity contribution in [3.8, 4) is 0 Å². The molecule has 0 aromatic rings. The van der Waals surface area contributed by atoms with Gasteiger partial charge in [0.1, 0.15) is 11.6 Å². The molecule has 18 heavy (non-hydrogen) atoms. The second-order valence-electron chi connectivity index (χ2n) is 5.19. The zero-order chi connectivity index (χ0) is 14.1. The van der Waals surface area contributed by atoms with E-state index < -0.39 is 42.5 Å². The quantitative estimate of drug-likeness (QED) is 0.413. The van der Waals surface area contributed by atoms with E-state index in [1.54, 1.807) is 26.2 Å². The lowest BCUT2D eigenvalue weighted by molar-refractivity contribution is -0.125. The van der Waals surface area contributed by atoms with Gasteiger partial charge in [0.25, 0.3) is 11.8 Å². The maximum absolute atomic E-state index is 13.3. The molecule has 0 saturated carbocycles. The minimum Gasteiger partial charge on any atom is -0.444 e. The van der Waals surface area contributed by atoms with Crippen molar-refractivity contribution < 1.29 is 23.1 Å². The van der Waals surface area contributed by atoms with Gasteiger partial charge in [-0.05, 0) is 20.8 Å². The molecule has 3 N–H and O–H groups in total. The van der Waals surface area contributed by atoms with E-state index in [0.29, 0.717) is 4.90 Å². The molecule has 0 aromatic carbocycles. The second kappa shape index (κ2) is 4.68. The average molecular weight is 265 g/mol. The van der Waals surface area contributed by atoms with Crippen LogP contribution in [-0.2, 0) is 9.53 Å². The molecule has 1 fully saturated rings. The molecule has 104 valence electrons. The van der Waals surface area contributed by atoms with E-state index >= 15 is 0 Å². The lowest BCUT2D eigenvalue weighted by atomic mass is 10.2. The van der Waals surface area contributed by atoms with E-state index in [1.165, 1.54) is 0 Å². The highest BCUT2D eigenvalue weighted by Gasteiger charge is 2.51. The fourth-order valence-electron chi connectivity index (χ4n) is 1.66. The van der Waals surface area contributed by atoms with Crippen LogP contribution in [0.1, 0.15) is 27.2 Å². The van der Waals surface area contributed by atoms with E-state index in [0.717, 1.165) is 0 Å². The average Bonchev–Trinajstić information content (AvgIpc) is 2.51. The lowest BCUT2D eigenvalue weighted by Crippen LogP contribution is -2.49. The van der Waals surface area contributed by atoms with Gasteiger partial charge < -0.3 is 4.74 Å². The van der Waals surface area contributed by atoms with Crippen molar-refractivity contribution >= 4 is 12.0 Å². The molecular weight excluding hydrogens is 248 g/mol. The number of hydrazine groups is 1. The monoisotopic (exact) mass is 265 g/mol. The summed E-state index contributed by atoms with van der Waals surface area (Å²) < 4.78 is 31.5. The third kappa shape index (κ3) is 3.52. The number of halogens is 2. The summed E-state index contributed by atoms with van der Waals surface area (Å²) in [4.78, 5) is 23.8. The zero-order valence-electron chi connectivity index (χ0n) is 10.5. The summed E-state index contributed by atoms with van der Waals surface area (Å²) in [5, 5.41) is 0. The minimum absolute atomic E-state index is 0.702. The Hall–Kier alpha value is -1.44. The summed E-state index contributed by atoms with van der Waals surface area (Å²) in [7, 11) is 0. The van der Waals surface area contributed by atoms with Crippen molar-refractivity contribution in [2.75, 3.05) is 6.54 Å². The van der Waals surface area contributed by atoms with Crippen LogP contribution in [0.15, 0.2) is 0 Å². The number of nitrogens with one attached hydrogen (secondary N) is 1. The molecule has 0 radical (unpaired) electrons. The fourth-order valence-corrected chi connectivity index (χ4v) is 1.66. The Balaban J connectivity index is 2.84. The predicted octanol–water partition coefficient (Wildman–Crippen LogP) is 0.621. The van der Waals surface area contributed by atoms with Gasteiger partial charge in [0.2, 0.25) is 0 Å². The smallest absolute Gasteiger partial charge is 0.411 e. The highest BCUT2D eigenvalue weighted by Crippen LogP contribution is 2.33. The largest absolute Gasteiger partial charge is 0.444 e. The molecule has 2 amide bonds. The van der Waals surface area contributed by atoms with Crippen LogP contribution in [-0.4, -0.2) is 41.0 Å². The first-order chi connectivity index (χ1) is 8.06. The van der Waals surface area contributed by atoms with Crippen molar-refractivity contribution in [3.63, 3.8) is 0 Å². The molecule has 1 atom stereocenters. The number of carbonyl (C=O) groups is 2. The van der Waals surface area contributed by atoms with E-state index in [2.05, 4.69) is 0 Å². The Morgan fingerprint density at radius 2 is 2.00 bits per heavy atom. The van der Waals surface area contributed by atoms with E-state index in [9.17, 15) is 18.4 Å². The molecule has 1 rings (SSSR count). The van der Waals surface area contributed by atoms with Crippen LogP contribution in [0.25, 0.3) is 0 Å². The summed E-state index contributed by atoms with van der Waals surface area (Å²) in [6, 6.07) is -1.31. The predicted molar refractivity (Wildman–Crippen MR) is 58.6 cm³/mol. The molecule has 6 nitrogen and oxygen atoms in total. The topological polar surface area (TPSA) is 84.7 Å². The Bertz CT molecular complexity index is 355. The molecule has 0 aliphatic carbocycles. The van der Waals surface area contributed by atoms with E-state index in [4.69, 9.17) is 10.6 Å². The van der Waals surface area contributed by atoms with Crippen LogP contribution in [0.2, 0.25) is 0 Å². The number of hydrogen-bond donors (Lipinski definition) is 2. The highest BCUT2D eigenvalue weighted by atomic mass is 19.3. The van der Waals surface area contributed by atoms with Crippen LogP contribution in [0.5, 0.6) is 0 Å². The van der Waals surface area contributed by atoms with Gasteiger partial charge in [0.15, 0.2) is 0 Å². The summed E-state index contributed by atoms with van der Waals surface area (Å²) in [6.07, 6.45) is -1.71. The van der Waals surface area contributed by atoms with Crippen molar-refractivity contribution in [2.24, 2.45) is 5.84 Å². The third-order valence-corrected chi connectivity index (χ3v) is 2.34. The first-order valence-corrected chi connectivity index (χ1v) is 5.44. The van der Waals surface area contributed by atoms with Crippen molar-refractivity contribution in [3.05, 3.63) is 0 Å². The first-order valence-electron chi connectivity index (χ1n) is 5.44. The van der Waals surface area contributed by atoms with Crippen molar-refractivity contribution in [2.45, 2.75) is 44.8 Å². The van der Waals surface area contributed by atoms with Crippen LogP contribution < -0.4 is 11.3 Å². The first kappa shape index (κ1) is 14.6. The van der Waals surface area contributed by atoms with Gasteiger partial charge in [-0.15, -0.1) is 0 Å². The highest BCUT2D eigenvalue weighted by molar-refractivity contribution is 5.86. The molecule has 1 heterocycles. The van der Waals surface area contributed by atoms with Crippen LogP contribution in [0, 0.1) is 0 Å². The Morgan fingerprint density at radius 3 is 2.44 bits per heavy atom. The molecule has 1 saturated heterocycles. The normalized spacial score (nSPS) is 22.8. The Morgan fingerprint density at radius 1 is 1.44 bits per heavy atom. The molecule has 0 spiro atoms. The Kier molecular flexibility index (Phi) is 3.80. The van der Waals surface area contributed by atoms with Gasteiger partial charge >= 0.3 is 6.09 Å². The fraction of sp³-hybridized carbons (Fsp3) is 0.800. The molecule has 0 unspecified atom stereocenters. The third-order valence-electron chi connectivity index (χ3n) is 2.34. The summed E-state index contributed by atoms with van der Waals surface area (Å²) in [6.45, 7) is 3.98. The number of alkyl halides is 2. The number of likely N-dealkylation sites (tertiary alicyclic amines) is 1. The number of rotatable bonds is 1. The standard InChI is InChI=1S/C10H17F2N3O3/c1-9(2,3)18-8(17)15-5-10(11,12)4-6(15)7(16)14-13/h6H,4-5,13H2,1-3H3,(H,14,16)/t6-/m0/s1. The number of nitrogens with zero attached hydrogens (tertiary/aromatic N) is 1. The van der Waals surface area contributed by atoms with Gasteiger partial charge in [0.05, 0.1) is 6.54 Å². The van der Waals surface area contributed by atoms with Gasteiger partial charge in [-0.2, -0.15) is 0 Å². The van der Waals surface area contributed by atoms with Crippen molar-refractivity contribution in [1.29, 1.82) is 0 Å². The molecule has 1 aliphatic heterocycles. The Labute approximate surface area is 103 Å². The number of ether oxygens (including phenoxy) is 1. The molecule has 1 aliphatic rings. The lowest BCUT2D eigenvalue weighted by Gasteiger charge is -2.27. The number of nitrogens with two attached hydrogens (primary N) is 1. The van der Waals surface area contributed by atoms with Gasteiger partial charge in [0, 0.05) is 6.42 Å². The number of carbonyl (C=O) groups excluding carboxylic acids is 2. The molecular formula is C10H17F2N3O3. The summed E-state index contributed by atoms with van der Waals surface area (Å²) in [5.41, 5.74) is 0.950. The van der Waals surface area contributed by atoms with Gasteiger partial charge in [-0.3, -0.25) is 15.1 Å². The van der Waals surface area contributed by atoms with Crippen LogP contribution in [0.3, 0.4) is 0 Å². The van der Waals surface area contributed by atoms with E-state index in [1.807, 2.05) is 0 Å². The van der Waals surface area contributed by atoms with E-state index in [-0.39, 0.29) is 0 Å². The summed E-state index contributed by atoms with van der Waals surface area (Å²) in [5.74, 6) is 0.955.